The van der Waals surface area contributed by atoms with Crippen LogP contribution in [0.3, 0.4) is 0 Å². The smallest absolute Gasteiger partial charge is 0.324 e. The maximum atomic E-state index is 13.1. The Morgan fingerprint density at radius 3 is 2.75 bits per heavy atom. The minimum Gasteiger partial charge on any atom is -0.497 e. The number of nitrogens with zero attached hydrogens (tertiary/aromatic N) is 3. The van der Waals surface area contributed by atoms with E-state index in [4.69, 9.17) is 4.74 Å². The van der Waals surface area contributed by atoms with Gasteiger partial charge in [-0.1, -0.05) is 44.5 Å². The molecule has 0 bridgehead atoms. The zero-order valence-electron chi connectivity index (χ0n) is 18.7. The summed E-state index contributed by atoms with van der Waals surface area (Å²) in [5.74, 6) is 1.12. The quantitative estimate of drug-likeness (QED) is 0.596. The van der Waals surface area contributed by atoms with Gasteiger partial charge in [0.25, 0.3) is 0 Å². The second kappa shape index (κ2) is 9.30. The Bertz CT molecular complexity index is 1130. The molecule has 2 heterocycles. The van der Waals surface area contributed by atoms with Gasteiger partial charge in [0.05, 0.1) is 18.1 Å². The van der Waals surface area contributed by atoms with Crippen LogP contribution in [-0.4, -0.2) is 41.2 Å². The summed E-state index contributed by atoms with van der Waals surface area (Å²) in [5.41, 5.74) is 2.79. The number of amides is 3. The summed E-state index contributed by atoms with van der Waals surface area (Å²) < 4.78 is 7.28. The Morgan fingerprint density at radius 2 is 1.97 bits per heavy atom. The molecule has 3 aromatic rings. The molecule has 0 saturated carbocycles. The summed E-state index contributed by atoms with van der Waals surface area (Å²) >= 11 is 0. The molecule has 0 unspecified atom stereocenters. The highest BCUT2D eigenvalue weighted by molar-refractivity contribution is 5.96. The summed E-state index contributed by atoms with van der Waals surface area (Å²) in [6.07, 6.45) is 0.760. The van der Waals surface area contributed by atoms with E-state index >= 15 is 0 Å². The maximum absolute atomic E-state index is 13.1. The molecule has 32 heavy (non-hydrogen) atoms. The number of nitrogens with one attached hydrogen (secondary N) is 2. The molecule has 0 aliphatic carbocycles. The molecule has 1 aliphatic rings. The van der Waals surface area contributed by atoms with Crippen molar-refractivity contribution in [3.8, 4) is 5.75 Å². The van der Waals surface area contributed by atoms with E-state index in [1.807, 2.05) is 66.9 Å². The number of urea groups is 1. The summed E-state index contributed by atoms with van der Waals surface area (Å²) in [6, 6.07) is 14.4. The predicted octanol–water partition coefficient (Wildman–Crippen LogP) is 3.31. The number of hydrogen-bond donors (Lipinski definition) is 2. The van der Waals surface area contributed by atoms with E-state index in [1.54, 1.807) is 12.0 Å². The lowest BCUT2D eigenvalue weighted by molar-refractivity contribution is -0.124. The van der Waals surface area contributed by atoms with E-state index in [0.717, 1.165) is 28.8 Å². The third-order valence-corrected chi connectivity index (χ3v) is 6.04. The van der Waals surface area contributed by atoms with Crippen LogP contribution in [0, 0.1) is 5.92 Å². The fourth-order valence-corrected chi connectivity index (χ4v) is 3.98. The second-order valence-electron chi connectivity index (χ2n) is 8.09. The molecule has 3 amide bonds. The number of para-hydroxylation sites is 2. The standard InChI is InChI=1S/C24H29N5O3/c1-4-16(2)21(22(30)25-15-17-8-7-9-18(14-17)32-3)27-24(31)29-13-12-28-20-11-6-5-10-19(20)26-23(28)29/h5-11,14,16,21H,4,12-13,15H2,1-3H3,(H,25,30)(H,27,31)/t16-,21+/m1/s1. The van der Waals surface area contributed by atoms with E-state index in [1.165, 1.54) is 0 Å². The van der Waals surface area contributed by atoms with Crippen molar-refractivity contribution >= 4 is 28.9 Å². The molecule has 0 radical (unpaired) electrons. The summed E-state index contributed by atoms with van der Waals surface area (Å²) in [4.78, 5) is 32.4. The number of aromatic nitrogens is 2. The molecule has 2 atom stereocenters. The van der Waals surface area contributed by atoms with Gasteiger partial charge in [-0.3, -0.25) is 9.69 Å². The van der Waals surface area contributed by atoms with Crippen LogP contribution in [0.2, 0.25) is 0 Å². The fourth-order valence-electron chi connectivity index (χ4n) is 3.98. The minimum absolute atomic E-state index is 0.0225. The largest absolute Gasteiger partial charge is 0.497 e. The van der Waals surface area contributed by atoms with E-state index in [-0.39, 0.29) is 17.9 Å². The van der Waals surface area contributed by atoms with Crippen molar-refractivity contribution in [3.63, 3.8) is 0 Å². The van der Waals surface area contributed by atoms with Gasteiger partial charge < -0.3 is 19.9 Å². The topological polar surface area (TPSA) is 88.5 Å². The summed E-state index contributed by atoms with van der Waals surface area (Å²) in [5, 5.41) is 5.90. The molecule has 4 rings (SSSR count). The van der Waals surface area contributed by atoms with Crippen LogP contribution in [0.1, 0.15) is 25.8 Å². The van der Waals surface area contributed by atoms with Gasteiger partial charge in [0.15, 0.2) is 0 Å². The van der Waals surface area contributed by atoms with Crippen LogP contribution < -0.4 is 20.3 Å². The number of ether oxygens (including phenoxy) is 1. The van der Waals surface area contributed by atoms with Crippen molar-refractivity contribution < 1.29 is 14.3 Å². The first-order valence-electron chi connectivity index (χ1n) is 11.0. The molecule has 1 aromatic heterocycles. The molecule has 0 spiro atoms. The number of fused-ring (bicyclic) bond motifs is 3. The molecule has 1 aliphatic heterocycles. The van der Waals surface area contributed by atoms with Crippen molar-refractivity contribution in [1.82, 2.24) is 20.2 Å². The van der Waals surface area contributed by atoms with Crippen molar-refractivity contribution in [1.29, 1.82) is 0 Å². The first kappa shape index (κ1) is 21.7. The van der Waals surface area contributed by atoms with Crippen LogP contribution in [0.15, 0.2) is 48.5 Å². The summed E-state index contributed by atoms with van der Waals surface area (Å²) in [7, 11) is 1.61. The van der Waals surface area contributed by atoms with Gasteiger partial charge in [0.2, 0.25) is 11.9 Å². The molecular formula is C24H29N5O3. The normalized spacial score (nSPS) is 14.7. The SMILES string of the molecule is CC[C@@H](C)[C@H](NC(=O)N1CCn2c1nc1ccccc12)C(=O)NCc1cccc(OC)c1. The molecule has 8 nitrogen and oxygen atoms in total. The number of benzene rings is 2. The van der Waals surface area contributed by atoms with Crippen LogP contribution in [0.5, 0.6) is 5.75 Å². The third kappa shape index (κ3) is 4.26. The Morgan fingerprint density at radius 1 is 1.16 bits per heavy atom. The van der Waals surface area contributed by atoms with E-state index in [9.17, 15) is 9.59 Å². The van der Waals surface area contributed by atoms with Crippen LogP contribution in [-0.2, 0) is 17.9 Å². The molecule has 0 saturated heterocycles. The van der Waals surface area contributed by atoms with Gasteiger partial charge in [0, 0.05) is 19.6 Å². The second-order valence-corrected chi connectivity index (χ2v) is 8.09. The van der Waals surface area contributed by atoms with Crippen molar-refractivity contribution in [2.24, 2.45) is 5.92 Å². The lowest BCUT2D eigenvalue weighted by Crippen LogP contribution is -2.53. The number of imidazole rings is 1. The summed E-state index contributed by atoms with van der Waals surface area (Å²) in [6.45, 7) is 5.54. The highest BCUT2D eigenvalue weighted by atomic mass is 16.5. The van der Waals surface area contributed by atoms with Gasteiger partial charge in [0.1, 0.15) is 11.8 Å². The van der Waals surface area contributed by atoms with E-state index in [2.05, 4.69) is 15.6 Å². The molecule has 2 N–H and O–H groups in total. The van der Waals surface area contributed by atoms with Crippen molar-refractivity contribution in [2.45, 2.75) is 39.4 Å². The minimum atomic E-state index is -0.642. The van der Waals surface area contributed by atoms with E-state index in [0.29, 0.717) is 25.6 Å². The molecular weight excluding hydrogens is 406 g/mol. The number of carbonyl (C=O) groups is 2. The number of carbonyl (C=O) groups excluding carboxylic acids is 2. The first-order valence-corrected chi connectivity index (χ1v) is 11.0. The maximum Gasteiger partial charge on any atom is 0.324 e. The highest BCUT2D eigenvalue weighted by Crippen LogP contribution is 2.27. The zero-order chi connectivity index (χ0) is 22.7. The lowest BCUT2D eigenvalue weighted by Gasteiger charge is -2.26. The van der Waals surface area contributed by atoms with Gasteiger partial charge in [-0.05, 0) is 35.7 Å². The lowest BCUT2D eigenvalue weighted by atomic mass is 9.98. The first-order chi connectivity index (χ1) is 15.5. The Kier molecular flexibility index (Phi) is 6.30. The molecule has 8 heteroatoms. The van der Waals surface area contributed by atoms with Crippen LogP contribution >= 0.6 is 0 Å². The van der Waals surface area contributed by atoms with Gasteiger partial charge in [-0.2, -0.15) is 0 Å². The highest BCUT2D eigenvalue weighted by Gasteiger charge is 2.32. The number of anilines is 1. The van der Waals surface area contributed by atoms with Crippen molar-refractivity contribution in [2.75, 3.05) is 18.6 Å². The molecule has 0 fully saturated rings. The third-order valence-electron chi connectivity index (χ3n) is 6.04. The average molecular weight is 436 g/mol. The zero-order valence-corrected chi connectivity index (χ0v) is 18.7. The Labute approximate surface area is 187 Å². The molecule has 168 valence electrons. The Balaban J connectivity index is 1.46. The van der Waals surface area contributed by atoms with Gasteiger partial charge >= 0.3 is 6.03 Å². The van der Waals surface area contributed by atoms with Gasteiger partial charge in [-0.25, -0.2) is 9.78 Å². The fraction of sp³-hybridized carbons (Fsp3) is 0.375. The Hall–Kier alpha value is -3.55. The van der Waals surface area contributed by atoms with Crippen LogP contribution in [0.4, 0.5) is 10.7 Å². The number of rotatable bonds is 7. The number of methoxy groups -OCH3 is 1. The van der Waals surface area contributed by atoms with Crippen molar-refractivity contribution in [3.05, 3.63) is 54.1 Å². The van der Waals surface area contributed by atoms with Gasteiger partial charge in [-0.15, -0.1) is 0 Å². The van der Waals surface area contributed by atoms with E-state index < -0.39 is 6.04 Å². The average Bonchev–Trinajstić information content (AvgIpc) is 3.40. The molecule has 2 aromatic carbocycles. The predicted molar refractivity (Wildman–Crippen MR) is 124 cm³/mol. The van der Waals surface area contributed by atoms with Crippen LogP contribution in [0.25, 0.3) is 11.0 Å². The number of hydrogen-bond acceptors (Lipinski definition) is 4. The monoisotopic (exact) mass is 435 g/mol.